The van der Waals surface area contributed by atoms with Gasteiger partial charge in [0.25, 0.3) is 0 Å². The fourth-order valence-corrected chi connectivity index (χ4v) is 3.12. The van der Waals surface area contributed by atoms with Crippen LogP contribution in [0.3, 0.4) is 0 Å². The third-order valence-corrected chi connectivity index (χ3v) is 5.06. The minimum atomic E-state index is -0.0946. The maximum Gasteiger partial charge on any atom is 0.226 e. The number of carbonyl (C=O) groups excluding carboxylic acids is 1. The molecule has 0 aliphatic heterocycles. The number of benzene rings is 2. The van der Waals surface area contributed by atoms with Crippen molar-refractivity contribution in [3.63, 3.8) is 0 Å². The van der Waals surface area contributed by atoms with Crippen molar-refractivity contribution in [2.75, 3.05) is 40.2 Å². The van der Waals surface area contributed by atoms with Gasteiger partial charge in [-0.05, 0) is 36.8 Å². The van der Waals surface area contributed by atoms with E-state index in [1.807, 2.05) is 49.2 Å². The van der Waals surface area contributed by atoms with E-state index in [0.717, 1.165) is 28.3 Å². The van der Waals surface area contributed by atoms with Gasteiger partial charge in [-0.15, -0.1) is 0 Å². The predicted molar refractivity (Wildman–Crippen MR) is 122 cm³/mol. The Morgan fingerprint density at radius 1 is 1.20 bits per heavy atom. The first-order chi connectivity index (χ1) is 14.4. The molecule has 1 amide bonds. The molecule has 0 fully saturated rings. The molecule has 0 saturated heterocycles. The summed E-state index contributed by atoms with van der Waals surface area (Å²) in [5.41, 5.74) is 2.57. The highest BCUT2D eigenvalue weighted by Crippen LogP contribution is 2.25. The van der Waals surface area contributed by atoms with E-state index < -0.39 is 0 Å². The van der Waals surface area contributed by atoms with Crippen molar-refractivity contribution < 1.29 is 14.3 Å². The number of rotatable bonds is 8. The largest absolute Gasteiger partial charge is 0.497 e. The molecule has 2 aromatic rings. The molecule has 0 aliphatic rings. The first-order valence-corrected chi connectivity index (χ1v) is 9.95. The van der Waals surface area contributed by atoms with E-state index >= 15 is 0 Å². The van der Waals surface area contributed by atoms with E-state index in [2.05, 4.69) is 15.6 Å². The van der Waals surface area contributed by atoms with E-state index in [1.165, 1.54) is 0 Å². The fourth-order valence-electron chi connectivity index (χ4n) is 2.94. The maximum absolute atomic E-state index is 12.3. The van der Waals surface area contributed by atoms with Crippen molar-refractivity contribution in [3.8, 4) is 11.5 Å². The van der Waals surface area contributed by atoms with Crippen LogP contribution in [0.2, 0.25) is 5.02 Å². The third-order valence-electron chi connectivity index (χ3n) is 4.65. The maximum atomic E-state index is 12.3. The summed E-state index contributed by atoms with van der Waals surface area (Å²) in [6.07, 6.45) is 0.296. The number of methoxy groups -OCH3 is 2. The smallest absolute Gasteiger partial charge is 0.226 e. The molecule has 162 valence electrons. The Morgan fingerprint density at radius 2 is 1.97 bits per heavy atom. The third kappa shape index (κ3) is 6.29. The molecule has 0 unspecified atom stereocenters. The van der Waals surface area contributed by atoms with Crippen LogP contribution in [0.25, 0.3) is 0 Å². The molecule has 0 aromatic heterocycles. The summed E-state index contributed by atoms with van der Waals surface area (Å²) in [6.45, 7) is 2.91. The molecule has 7 nitrogen and oxygen atoms in total. The first kappa shape index (κ1) is 23.3. The summed E-state index contributed by atoms with van der Waals surface area (Å²) in [6, 6.07) is 11.1. The van der Waals surface area contributed by atoms with Gasteiger partial charge >= 0.3 is 0 Å². The quantitative estimate of drug-likeness (QED) is 0.491. The molecule has 0 radical (unpaired) electrons. The van der Waals surface area contributed by atoms with Gasteiger partial charge in [0.2, 0.25) is 5.91 Å². The van der Waals surface area contributed by atoms with Crippen molar-refractivity contribution in [1.29, 1.82) is 0 Å². The summed E-state index contributed by atoms with van der Waals surface area (Å²) < 4.78 is 10.7. The van der Waals surface area contributed by atoms with Gasteiger partial charge < -0.3 is 25.0 Å². The number of nitrogens with one attached hydrogen (secondary N) is 2. The first-order valence-electron chi connectivity index (χ1n) is 9.57. The van der Waals surface area contributed by atoms with E-state index in [-0.39, 0.29) is 5.91 Å². The number of hydrogen-bond donors (Lipinski definition) is 2. The van der Waals surface area contributed by atoms with Gasteiger partial charge in [0, 0.05) is 55.9 Å². The normalized spacial score (nSPS) is 11.1. The lowest BCUT2D eigenvalue weighted by Crippen LogP contribution is -2.39. The Morgan fingerprint density at radius 3 is 2.63 bits per heavy atom. The van der Waals surface area contributed by atoms with E-state index in [9.17, 15) is 4.79 Å². The molecule has 2 rings (SSSR count). The van der Waals surface area contributed by atoms with Gasteiger partial charge in [0.15, 0.2) is 5.96 Å². The molecule has 30 heavy (non-hydrogen) atoms. The zero-order valence-corrected chi connectivity index (χ0v) is 18.8. The molecular formula is C22H29ClN4O3. The van der Waals surface area contributed by atoms with Crippen LogP contribution in [0.5, 0.6) is 11.5 Å². The van der Waals surface area contributed by atoms with Gasteiger partial charge in [-0.2, -0.15) is 0 Å². The lowest BCUT2D eigenvalue weighted by atomic mass is 10.2. The lowest BCUT2D eigenvalue weighted by Gasteiger charge is -2.23. The second-order valence-corrected chi connectivity index (χ2v) is 7.13. The van der Waals surface area contributed by atoms with Gasteiger partial charge in [0.1, 0.15) is 11.5 Å². The summed E-state index contributed by atoms with van der Waals surface area (Å²) in [4.78, 5) is 18.5. The van der Waals surface area contributed by atoms with Crippen LogP contribution >= 0.6 is 11.6 Å². The zero-order chi connectivity index (χ0) is 22.1. The highest BCUT2D eigenvalue weighted by atomic mass is 35.5. The molecule has 2 N–H and O–H groups in total. The molecule has 8 heteroatoms. The summed E-state index contributed by atoms with van der Waals surface area (Å²) in [7, 11) is 6.88. The minimum absolute atomic E-state index is 0.0946. The number of anilines is 1. The number of nitrogens with zero attached hydrogens (tertiary/aromatic N) is 2. The zero-order valence-electron chi connectivity index (χ0n) is 18.1. The van der Waals surface area contributed by atoms with E-state index in [1.54, 1.807) is 27.3 Å². The summed E-state index contributed by atoms with van der Waals surface area (Å²) in [5.74, 6) is 2.07. The Kier molecular flexibility index (Phi) is 8.80. The van der Waals surface area contributed by atoms with Gasteiger partial charge in [-0.3, -0.25) is 9.79 Å². The van der Waals surface area contributed by atoms with Crippen molar-refractivity contribution in [2.45, 2.75) is 19.9 Å². The Labute approximate surface area is 183 Å². The van der Waals surface area contributed by atoms with Crippen LogP contribution in [-0.4, -0.2) is 51.6 Å². The van der Waals surface area contributed by atoms with Crippen molar-refractivity contribution in [1.82, 2.24) is 10.2 Å². The molecular weight excluding hydrogens is 404 g/mol. The monoisotopic (exact) mass is 432 g/mol. The van der Waals surface area contributed by atoms with Crippen LogP contribution in [0.15, 0.2) is 41.4 Å². The number of ether oxygens (including phenoxy) is 2. The number of carbonyl (C=O) groups is 1. The van der Waals surface area contributed by atoms with Gasteiger partial charge in [0.05, 0.1) is 14.2 Å². The fraction of sp³-hybridized carbons (Fsp3) is 0.364. The summed E-state index contributed by atoms with van der Waals surface area (Å²) in [5, 5.41) is 6.73. The van der Waals surface area contributed by atoms with Crippen LogP contribution < -0.4 is 20.1 Å². The minimum Gasteiger partial charge on any atom is -0.497 e. The highest BCUT2D eigenvalue weighted by molar-refractivity contribution is 6.31. The Bertz CT molecular complexity index is 902. The highest BCUT2D eigenvalue weighted by Gasteiger charge is 2.12. The van der Waals surface area contributed by atoms with Gasteiger partial charge in [-0.1, -0.05) is 17.7 Å². The van der Waals surface area contributed by atoms with Crippen LogP contribution in [-0.2, 0) is 11.3 Å². The summed E-state index contributed by atoms with van der Waals surface area (Å²) >= 11 is 6.10. The van der Waals surface area contributed by atoms with Crippen molar-refractivity contribution in [3.05, 3.63) is 52.5 Å². The average Bonchev–Trinajstić information content (AvgIpc) is 2.74. The standard InChI is InChI=1S/C22H29ClN4O3/c1-15-18(23)7-6-8-19(15)26-21(28)11-12-25-22(24-2)27(3)14-16-9-10-17(29-4)13-20(16)30-5/h6-10,13H,11-12,14H2,1-5H3,(H,24,25)(H,26,28). The number of aliphatic imine (C=N–C) groups is 1. The number of amides is 1. The lowest BCUT2D eigenvalue weighted by molar-refractivity contribution is -0.116. The molecule has 0 aliphatic carbocycles. The Balaban J connectivity index is 1.89. The van der Waals surface area contributed by atoms with Crippen LogP contribution in [0.1, 0.15) is 17.5 Å². The topological polar surface area (TPSA) is 75.2 Å². The van der Waals surface area contributed by atoms with Crippen molar-refractivity contribution in [2.24, 2.45) is 4.99 Å². The second kappa shape index (κ2) is 11.3. The SMILES string of the molecule is CN=C(NCCC(=O)Nc1cccc(Cl)c1C)N(C)Cc1ccc(OC)cc1OC. The predicted octanol–water partition coefficient (Wildman–Crippen LogP) is 3.70. The molecule has 0 saturated carbocycles. The number of guanidine groups is 1. The molecule has 0 heterocycles. The van der Waals surface area contributed by atoms with E-state index in [0.29, 0.717) is 30.5 Å². The second-order valence-electron chi connectivity index (χ2n) is 6.72. The number of hydrogen-bond acceptors (Lipinski definition) is 4. The Hall–Kier alpha value is -2.93. The van der Waals surface area contributed by atoms with E-state index in [4.69, 9.17) is 21.1 Å². The van der Waals surface area contributed by atoms with Gasteiger partial charge in [-0.25, -0.2) is 0 Å². The van der Waals surface area contributed by atoms with Crippen molar-refractivity contribution >= 4 is 29.2 Å². The molecule has 0 spiro atoms. The van der Waals surface area contributed by atoms with Crippen LogP contribution in [0, 0.1) is 6.92 Å². The molecule has 0 bridgehead atoms. The van der Waals surface area contributed by atoms with Crippen LogP contribution in [0.4, 0.5) is 5.69 Å². The average molecular weight is 433 g/mol. The molecule has 2 aromatic carbocycles. The molecule has 0 atom stereocenters. The number of halogens is 1.